The molecule has 0 unspecified atom stereocenters. The predicted molar refractivity (Wildman–Crippen MR) is 171 cm³/mol. The topological polar surface area (TPSA) is 386 Å². The Labute approximate surface area is 281 Å². The van der Waals surface area contributed by atoms with Gasteiger partial charge in [-0.2, -0.15) is 0 Å². The van der Waals surface area contributed by atoms with Crippen LogP contribution in [0.3, 0.4) is 0 Å². The molecule has 0 aromatic carbocycles. The van der Waals surface area contributed by atoms with Crippen LogP contribution in [0.1, 0.15) is 46.0 Å². The van der Waals surface area contributed by atoms with Gasteiger partial charge >= 0.3 is 5.97 Å². The van der Waals surface area contributed by atoms with Crippen LogP contribution < -0.4 is 54.8 Å². The molecular weight excluding hydrogens is 654 g/mol. The second-order valence-electron chi connectivity index (χ2n) is 11.2. The van der Waals surface area contributed by atoms with Gasteiger partial charge in [0.05, 0.1) is 32.3 Å². The smallest absolute Gasteiger partial charge is 0.328 e. The molecule has 0 aromatic rings. The van der Waals surface area contributed by atoms with Gasteiger partial charge in [-0.25, -0.2) is 4.79 Å². The number of nitrogens with two attached hydrogens (primary N) is 4. The minimum absolute atomic E-state index is 0.0358. The summed E-state index contributed by atoms with van der Waals surface area (Å²) in [6.45, 7) is 0.613. The summed E-state index contributed by atoms with van der Waals surface area (Å²) in [5.74, 6) is -7.84. The molecule has 7 amide bonds. The number of hydrogen-bond donors (Lipinski definition) is 13. The molecule has 0 bridgehead atoms. The second-order valence-corrected chi connectivity index (χ2v) is 11.2. The first-order valence-corrected chi connectivity index (χ1v) is 15.2. The van der Waals surface area contributed by atoms with Crippen molar-refractivity contribution in [3.05, 3.63) is 0 Å². The Kier molecular flexibility index (Phi) is 20.9. The maximum Gasteiger partial charge on any atom is 0.328 e. The first-order chi connectivity index (χ1) is 22.9. The summed E-state index contributed by atoms with van der Waals surface area (Å²) in [7, 11) is 0. The Morgan fingerprint density at radius 3 is 1.71 bits per heavy atom. The van der Waals surface area contributed by atoms with Gasteiger partial charge in [0.1, 0.15) is 24.2 Å². The Bertz CT molecular complexity index is 1200. The van der Waals surface area contributed by atoms with Gasteiger partial charge in [0.2, 0.25) is 41.4 Å². The molecule has 0 saturated heterocycles. The van der Waals surface area contributed by atoms with Crippen LogP contribution in [0.4, 0.5) is 0 Å². The first-order valence-electron chi connectivity index (χ1n) is 15.2. The maximum absolute atomic E-state index is 13.1. The Morgan fingerprint density at radius 2 is 1.20 bits per heavy atom. The summed E-state index contributed by atoms with van der Waals surface area (Å²) in [5, 5.41) is 41.3. The molecule has 0 aromatic heterocycles. The number of nitrogens with zero attached hydrogens (tertiary/aromatic N) is 1. The molecule has 0 spiro atoms. The second kappa shape index (κ2) is 23.3. The minimum Gasteiger partial charge on any atom is -0.480 e. The fourth-order valence-electron chi connectivity index (χ4n) is 3.92. The normalized spacial score (nSPS) is 13.8. The lowest BCUT2D eigenvalue weighted by molar-refractivity contribution is -0.143. The number of carbonyl (C=O) groups excluding carboxylic acids is 7. The highest BCUT2D eigenvalue weighted by molar-refractivity contribution is 5.95. The zero-order valence-electron chi connectivity index (χ0n) is 27.4. The first kappa shape index (κ1) is 43.9. The number of primary amides is 1. The lowest BCUT2D eigenvalue weighted by atomic mass is 10.0. The lowest BCUT2D eigenvalue weighted by Crippen LogP contribution is -2.57. The summed E-state index contributed by atoms with van der Waals surface area (Å²) in [4.78, 5) is 102. The Morgan fingerprint density at radius 1 is 0.673 bits per heavy atom. The zero-order chi connectivity index (χ0) is 37.7. The molecule has 22 heteroatoms. The molecule has 49 heavy (non-hydrogen) atoms. The molecule has 22 nitrogen and oxygen atoms in total. The lowest BCUT2D eigenvalue weighted by Gasteiger charge is -2.24. The molecule has 0 heterocycles. The van der Waals surface area contributed by atoms with Crippen molar-refractivity contribution < 1.29 is 53.7 Å². The van der Waals surface area contributed by atoms with Gasteiger partial charge in [-0.15, -0.1) is 0 Å². The SMILES string of the molecule is CC(C)C[C@H](N)C(=O)N[C@@H](CO)C(=O)NCC(=O)NCC(=O)N[C@@H](CCC(N)=O)C(=O)N[C@@H](CCCN=C(N)N)C(=O)N[C@@H](CO)C(=O)O. The van der Waals surface area contributed by atoms with Gasteiger partial charge in [-0.05, 0) is 31.6 Å². The summed E-state index contributed by atoms with van der Waals surface area (Å²) >= 11 is 0. The van der Waals surface area contributed by atoms with Crippen molar-refractivity contribution in [1.82, 2.24) is 31.9 Å². The number of rotatable bonds is 24. The van der Waals surface area contributed by atoms with Crippen molar-refractivity contribution in [3.8, 4) is 0 Å². The summed E-state index contributed by atoms with van der Waals surface area (Å²) in [6, 6.07) is -6.88. The summed E-state index contributed by atoms with van der Waals surface area (Å²) in [6.07, 6.45) is -0.367. The molecule has 0 aliphatic heterocycles. The highest BCUT2D eigenvalue weighted by Gasteiger charge is 2.30. The number of hydrogen-bond acceptors (Lipinski definition) is 12. The zero-order valence-corrected chi connectivity index (χ0v) is 27.4. The molecule has 0 saturated carbocycles. The van der Waals surface area contributed by atoms with Gasteiger partial charge in [-0.3, -0.25) is 38.6 Å². The third kappa shape index (κ3) is 19.4. The van der Waals surface area contributed by atoms with E-state index in [-0.39, 0.29) is 44.1 Å². The van der Waals surface area contributed by atoms with Crippen LogP contribution in [0.25, 0.3) is 0 Å². The average molecular weight is 704 g/mol. The number of carboxylic acids is 1. The number of carbonyl (C=O) groups is 8. The Hall–Kier alpha value is -5.09. The van der Waals surface area contributed by atoms with Crippen LogP contribution in [-0.4, -0.2) is 132 Å². The van der Waals surface area contributed by atoms with E-state index >= 15 is 0 Å². The van der Waals surface area contributed by atoms with Crippen LogP contribution in [0.2, 0.25) is 0 Å². The monoisotopic (exact) mass is 703 g/mol. The third-order valence-corrected chi connectivity index (χ3v) is 6.45. The fourth-order valence-corrected chi connectivity index (χ4v) is 3.92. The van der Waals surface area contributed by atoms with E-state index in [1.54, 1.807) is 0 Å². The number of amides is 7. The average Bonchev–Trinajstić information content (AvgIpc) is 3.02. The maximum atomic E-state index is 13.1. The van der Waals surface area contributed by atoms with E-state index in [0.717, 1.165) is 0 Å². The molecule has 0 radical (unpaired) electrons. The summed E-state index contributed by atoms with van der Waals surface area (Å²) in [5.41, 5.74) is 21.5. The van der Waals surface area contributed by atoms with E-state index in [0.29, 0.717) is 6.42 Å². The standard InChI is InChI=1S/C27H49N11O11/c1-13(2)8-14(28)22(44)37-17(11-39)23(45)34-9-20(42)33-10-21(43)35-16(5-6-19(29)41)25(47)36-15(4-3-7-32-27(30)31)24(46)38-18(12-40)26(48)49/h13-18,39-40H,3-12,28H2,1-2H3,(H2,29,41)(H,33,42)(H,34,45)(H,35,43)(H,36,47)(H,37,44)(H,38,46)(H,48,49)(H4,30,31,32)/t14-,15-,16-,17-,18-/m0/s1. The largest absolute Gasteiger partial charge is 0.480 e. The van der Waals surface area contributed by atoms with Crippen LogP contribution in [0.5, 0.6) is 0 Å². The van der Waals surface area contributed by atoms with Gasteiger partial charge in [0.15, 0.2) is 5.96 Å². The van der Waals surface area contributed by atoms with Crippen molar-refractivity contribution in [1.29, 1.82) is 0 Å². The molecule has 0 rings (SSSR count). The van der Waals surface area contributed by atoms with Gasteiger partial charge in [-0.1, -0.05) is 13.8 Å². The van der Waals surface area contributed by atoms with Crippen molar-refractivity contribution >= 4 is 53.3 Å². The van der Waals surface area contributed by atoms with Crippen molar-refractivity contribution in [2.75, 3.05) is 32.8 Å². The third-order valence-electron chi connectivity index (χ3n) is 6.45. The molecule has 17 N–H and O–H groups in total. The molecular formula is C27H49N11O11. The number of aliphatic hydroxyl groups is 2. The number of aliphatic imine (C=N–C) groups is 1. The van der Waals surface area contributed by atoms with E-state index in [1.807, 2.05) is 13.8 Å². The van der Waals surface area contributed by atoms with Crippen LogP contribution in [0, 0.1) is 5.92 Å². The van der Waals surface area contributed by atoms with Crippen molar-refractivity contribution in [3.63, 3.8) is 0 Å². The number of aliphatic carboxylic acids is 1. The van der Waals surface area contributed by atoms with Gasteiger partial charge < -0.3 is 70.2 Å². The summed E-state index contributed by atoms with van der Waals surface area (Å²) < 4.78 is 0. The molecule has 5 atom stereocenters. The quantitative estimate of drug-likeness (QED) is 0.0252. The minimum atomic E-state index is -1.69. The molecule has 0 aliphatic rings. The number of aliphatic hydroxyl groups excluding tert-OH is 2. The van der Waals surface area contributed by atoms with Crippen LogP contribution >= 0.6 is 0 Å². The van der Waals surface area contributed by atoms with E-state index in [1.165, 1.54) is 0 Å². The van der Waals surface area contributed by atoms with Crippen LogP contribution in [0.15, 0.2) is 4.99 Å². The predicted octanol–water partition coefficient (Wildman–Crippen LogP) is -7.08. The molecule has 0 fully saturated rings. The van der Waals surface area contributed by atoms with E-state index in [4.69, 9.17) is 28.0 Å². The fraction of sp³-hybridized carbons (Fsp3) is 0.667. The highest BCUT2D eigenvalue weighted by atomic mass is 16.4. The number of nitrogens with one attached hydrogen (secondary N) is 6. The van der Waals surface area contributed by atoms with E-state index in [9.17, 15) is 48.6 Å². The van der Waals surface area contributed by atoms with Crippen LogP contribution in [-0.2, 0) is 38.4 Å². The molecule has 0 aliphatic carbocycles. The van der Waals surface area contributed by atoms with Gasteiger partial charge in [0.25, 0.3) is 0 Å². The van der Waals surface area contributed by atoms with E-state index < -0.39 is 104 Å². The number of carboxylic acid groups (broad SMARTS) is 1. The van der Waals surface area contributed by atoms with Crippen molar-refractivity contribution in [2.45, 2.75) is 76.2 Å². The number of guanidine groups is 1. The molecule has 278 valence electrons. The Balaban J connectivity index is 5.37. The van der Waals surface area contributed by atoms with Gasteiger partial charge in [0, 0.05) is 13.0 Å². The highest BCUT2D eigenvalue weighted by Crippen LogP contribution is 2.05. The van der Waals surface area contributed by atoms with E-state index in [2.05, 4.69) is 36.9 Å². The van der Waals surface area contributed by atoms with Crippen molar-refractivity contribution in [2.24, 2.45) is 33.8 Å².